The van der Waals surface area contributed by atoms with Gasteiger partial charge in [-0.25, -0.2) is 8.42 Å². The molecule has 0 radical (unpaired) electrons. The number of para-hydroxylation sites is 1. The molecule has 1 N–H and O–H groups in total. The monoisotopic (exact) mass is 547 g/mol. The molecule has 0 aliphatic rings. The predicted octanol–water partition coefficient (Wildman–Crippen LogP) is 4.74. The molecule has 3 rings (SSSR count). The van der Waals surface area contributed by atoms with Crippen molar-refractivity contribution in [2.75, 3.05) is 17.4 Å². The minimum absolute atomic E-state index is 0.00965. The average molecular weight is 548 g/mol. The van der Waals surface area contributed by atoms with Gasteiger partial charge in [0, 0.05) is 23.1 Å². The first-order chi connectivity index (χ1) is 17.1. The van der Waals surface area contributed by atoms with E-state index in [0.29, 0.717) is 22.3 Å². The van der Waals surface area contributed by atoms with Gasteiger partial charge in [-0.2, -0.15) is 0 Å². The number of likely N-dealkylation sites (N-methyl/N-ethyl adjacent to an activating group) is 1. The second kappa shape index (κ2) is 12.3. The number of hydrogen-bond donors (Lipinski definition) is 1. The Morgan fingerprint density at radius 3 is 2.00 bits per heavy atom. The molecule has 0 aliphatic heterocycles. The molecule has 1 atom stereocenters. The molecule has 3 aromatic rings. The standard InChI is InChI=1S/C26H27Cl2N3O4S/c1-3-29-26(33)19(2)30(17-20-9-11-21(27)12-10-20)25(32)18-31(23-7-5-4-6-8-23)36(34,35)24-15-13-22(28)14-16-24/h4-16,19H,3,17-18H2,1-2H3,(H,29,33)/t19-/m0/s1. The number of nitrogens with one attached hydrogen (secondary N) is 1. The largest absolute Gasteiger partial charge is 0.355 e. The van der Waals surface area contributed by atoms with E-state index < -0.39 is 28.5 Å². The van der Waals surface area contributed by atoms with E-state index >= 15 is 0 Å². The first-order valence-corrected chi connectivity index (χ1v) is 13.5. The Hall–Kier alpha value is -3.07. The molecule has 0 aliphatic carbocycles. The van der Waals surface area contributed by atoms with Crippen molar-refractivity contribution < 1.29 is 18.0 Å². The zero-order chi connectivity index (χ0) is 26.3. The van der Waals surface area contributed by atoms with Crippen LogP contribution in [0.4, 0.5) is 5.69 Å². The number of halogens is 2. The second-order valence-corrected chi connectivity index (χ2v) is 10.8. The van der Waals surface area contributed by atoms with Gasteiger partial charge in [-0.05, 0) is 67.9 Å². The maximum Gasteiger partial charge on any atom is 0.264 e. The van der Waals surface area contributed by atoms with Gasteiger partial charge < -0.3 is 10.2 Å². The molecule has 10 heteroatoms. The lowest BCUT2D eigenvalue weighted by Crippen LogP contribution is -2.51. The summed E-state index contributed by atoms with van der Waals surface area (Å²) in [6.07, 6.45) is 0. The van der Waals surface area contributed by atoms with Crippen LogP contribution in [0.3, 0.4) is 0 Å². The Balaban J connectivity index is 1.99. The van der Waals surface area contributed by atoms with Crippen molar-refractivity contribution in [2.24, 2.45) is 0 Å². The summed E-state index contributed by atoms with van der Waals surface area (Å²) >= 11 is 11.9. The van der Waals surface area contributed by atoms with E-state index in [-0.39, 0.29) is 17.3 Å². The second-order valence-electron chi connectivity index (χ2n) is 8.02. The van der Waals surface area contributed by atoms with E-state index in [1.54, 1.807) is 68.4 Å². The summed E-state index contributed by atoms with van der Waals surface area (Å²) in [5.41, 5.74) is 1.06. The number of sulfonamides is 1. The third-order valence-corrected chi connectivity index (χ3v) is 7.80. The van der Waals surface area contributed by atoms with Crippen LogP contribution in [-0.2, 0) is 26.2 Å². The van der Waals surface area contributed by atoms with E-state index in [9.17, 15) is 18.0 Å². The van der Waals surface area contributed by atoms with Crippen LogP contribution < -0.4 is 9.62 Å². The predicted molar refractivity (Wildman–Crippen MR) is 143 cm³/mol. The third-order valence-electron chi connectivity index (χ3n) is 5.51. The fourth-order valence-corrected chi connectivity index (χ4v) is 5.21. The van der Waals surface area contributed by atoms with Gasteiger partial charge in [0.25, 0.3) is 10.0 Å². The van der Waals surface area contributed by atoms with Crippen LogP contribution in [0.2, 0.25) is 10.0 Å². The number of nitrogens with zero attached hydrogens (tertiary/aromatic N) is 2. The first-order valence-electron chi connectivity index (χ1n) is 11.3. The van der Waals surface area contributed by atoms with Crippen molar-refractivity contribution in [1.29, 1.82) is 0 Å². The first kappa shape index (κ1) is 27.5. The van der Waals surface area contributed by atoms with Crippen LogP contribution in [0.25, 0.3) is 0 Å². The molecule has 7 nitrogen and oxygen atoms in total. The molecule has 0 saturated carbocycles. The highest BCUT2D eigenvalue weighted by Gasteiger charge is 2.32. The lowest BCUT2D eigenvalue weighted by atomic mass is 10.1. The van der Waals surface area contributed by atoms with Gasteiger partial charge in [-0.15, -0.1) is 0 Å². The highest BCUT2D eigenvalue weighted by Crippen LogP contribution is 2.25. The molecule has 3 aromatic carbocycles. The number of amides is 2. The maximum absolute atomic E-state index is 13.7. The van der Waals surface area contributed by atoms with Crippen molar-refractivity contribution in [3.63, 3.8) is 0 Å². The van der Waals surface area contributed by atoms with Crippen molar-refractivity contribution >= 4 is 50.7 Å². The lowest BCUT2D eigenvalue weighted by Gasteiger charge is -2.32. The smallest absolute Gasteiger partial charge is 0.264 e. The summed E-state index contributed by atoms with van der Waals surface area (Å²) < 4.78 is 28.3. The zero-order valence-corrected chi connectivity index (χ0v) is 22.2. The Morgan fingerprint density at radius 2 is 1.44 bits per heavy atom. The summed E-state index contributed by atoms with van der Waals surface area (Å²) in [4.78, 5) is 27.7. The molecular formula is C26H27Cl2N3O4S. The molecule has 2 amide bonds. The van der Waals surface area contributed by atoms with Crippen LogP contribution in [0.1, 0.15) is 19.4 Å². The molecule has 0 bridgehead atoms. The summed E-state index contributed by atoms with van der Waals surface area (Å²) in [7, 11) is -4.12. The Kier molecular flexibility index (Phi) is 9.37. The van der Waals surface area contributed by atoms with Crippen LogP contribution in [-0.4, -0.2) is 44.3 Å². The van der Waals surface area contributed by atoms with Gasteiger partial charge in [-0.1, -0.05) is 53.5 Å². The minimum Gasteiger partial charge on any atom is -0.355 e. The van der Waals surface area contributed by atoms with Gasteiger partial charge in [-0.3, -0.25) is 13.9 Å². The molecular weight excluding hydrogens is 521 g/mol. The number of hydrogen-bond acceptors (Lipinski definition) is 4. The highest BCUT2D eigenvalue weighted by molar-refractivity contribution is 7.92. The van der Waals surface area contributed by atoms with Gasteiger partial charge in [0.1, 0.15) is 12.6 Å². The number of benzene rings is 3. The minimum atomic E-state index is -4.12. The van der Waals surface area contributed by atoms with E-state index in [0.717, 1.165) is 9.87 Å². The van der Waals surface area contributed by atoms with Crippen LogP contribution in [0, 0.1) is 0 Å². The van der Waals surface area contributed by atoms with Gasteiger partial charge in [0.05, 0.1) is 10.6 Å². The molecule has 0 aromatic heterocycles. The lowest BCUT2D eigenvalue weighted by molar-refractivity contribution is -0.139. The summed E-state index contributed by atoms with van der Waals surface area (Å²) in [6.45, 7) is 3.38. The summed E-state index contributed by atoms with van der Waals surface area (Å²) in [6, 6.07) is 20.1. The van der Waals surface area contributed by atoms with E-state index in [4.69, 9.17) is 23.2 Å². The molecule has 0 spiro atoms. The fourth-order valence-electron chi connectivity index (χ4n) is 3.55. The van der Waals surface area contributed by atoms with Crippen molar-refractivity contribution in [3.8, 4) is 0 Å². The van der Waals surface area contributed by atoms with Gasteiger partial charge in [0.15, 0.2) is 0 Å². The summed E-state index contributed by atoms with van der Waals surface area (Å²) in [5.74, 6) is -0.878. The number of carbonyl (C=O) groups excluding carboxylic acids is 2. The fraction of sp³-hybridized carbons (Fsp3) is 0.231. The zero-order valence-electron chi connectivity index (χ0n) is 19.9. The topological polar surface area (TPSA) is 86.8 Å². The van der Waals surface area contributed by atoms with Crippen LogP contribution >= 0.6 is 23.2 Å². The third kappa shape index (κ3) is 6.78. The van der Waals surface area contributed by atoms with E-state index in [1.165, 1.54) is 29.2 Å². The average Bonchev–Trinajstić information content (AvgIpc) is 2.87. The van der Waals surface area contributed by atoms with Gasteiger partial charge >= 0.3 is 0 Å². The maximum atomic E-state index is 13.7. The van der Waals surface area contributed by atoms with Crippen molar-refractivity contribution in [1.82, 2.24) is 10.2 Å². The van der Waals surface area contributed by atoms with Crippen molar-refractivity contribution in [3.05, 3.63) is 94.5 Å². The molecule has 0 heterocycles. The van der Waals surface area contributed by atoms with Crippen LogP contribution in [0.5, 0.6) is 0 Å². The number of carbonyl (C=O) groups is 2. The Labute approximate surface area is 221 Å². The molecule has 0 fully saturated rings. The van der Waals surface area contributed by atoms with Gasteiger partial charge in [0.2, 0.25) is 11.8 Å². The Bertz CT molecular complexity index is 1290. The molecule has 36 heavy (non-hydrogen) atoms. The molecule has 190 valence electrons. The van der Waals surface area contributed by atoms with E-state index in [2.05, 4.69) is 5.32 Å². The number of rotatable bonds is 10. The van der Waals surface area contributed by atoms with Crippen molar-refractivity contribution in [2.45, 2.75) is 31.3 Å². The number of anilines is 1. The van der Waals surface area contributed by atoms with Crippen LogP contribution in [0.15, 0.2) is 83.8 Å². The quantitative estimate of drug-likeness (QED) is 0.397. The van der Waals surface area contributed by atoms with E-state index in [1.807, 2.05) is 0 Å². The Morgan fingerprint density at radius 1 is 0.889 bits per heavy atom. The molecule has 0 unspecified atom stereocenters. The molecule has 0 saturated heterocycles. The SMILES string of the molecule is CCNC(=O)[C@H](C)N(Cc1ccc(Cl)cc1)C(=O)CN(c1ccccc1)S(=O)(=O)c1ccc(Cl)cc1. The summed E-state index contributed by atoms with van der Waals surface area (Å²) in [5, 5.41) is 3.65. The highest BCUT2D eigenvalue weighted by atomic mass is 35.5. The normalized spacial score (nSPS) is 12.0.